The van der Waals surface area contributed by atoms with Crippen LogP contribution in [0.25, 0.3) is 55.0 Å². The molecule has 3 heterocycles. The van der Waals surface area contributed by atoms with Crippen molar-refractivity contribution in [3.05, 3.63) is 144 Å². The summed E-state index contributed by atoms with van der Waals surface area (Å²) in [6.45, 7) is 15.3. The van der Waals surface area contributed by atoms with Crippen molar-refractivity contribution in [1.29, 1.82) is 0 Å². The Labute approximate surface area is 290 Å². The number of hydrogen-bond acceptors (Lipinski definition) is 3. The quantitative estimate of drug-likeness (QED) is 0.157. The molecule has 3 nitrogen and oxygen atoms in total. The number of nitrogens with zero attached hydrogens (tertiary/aromatic N) is 3. The van der Waals surface area contributed by atoms with Crippen LogP contribution in [0.3, 0.4) is 0 Å². The van der Waals surface area contributed by atoms with Crippen LogP contribution >= 0.6 is 11.3 Å². The molecular formula is C41H37IrN3S-2. The summed E-state index contributed by atoms with van der Waals surface area (Å²) in [4.78, 5) is 9.39. The number of imidazole rings is 1. The number of hydrogen-bond donors (Lipinski definition) is 0. The first-order valence-electron chi connectivity index (χ1n) is 15.4. The Balaban J connectivity index is 0.000000269. The molecule has 0 aliphatic heterocycles. The second-order valence-corrected chi connectivity index (χ2v) is 12.8. The van der Waals surface area contributed by atoms with Gasteiger partial charge in [-0.25, -0.2) is 0 Å². The van der Waals surface area contributed by atoms with Crippen LogP contribution < -0.4 is 0 Å². The predicted molar refractivity (Wildman–Crippen MR) is 192 cm³/mol. The fraction of sp³-hybridized carbons (Fsp3) is 0.171. The molecule has 7 aromatic rings. The molecule has 233 valence electrons. The van der Waals surface area contributed by atoms with Crippen molar-refractivity contribution in [2.24, 2.45) is 0 Å². The van der Waals surface area contributed by atoms with Gasteiger partial charge in [0.15, 0.2) is 0 Å². The molecule has 0 aliphatic rings. The molecule has 3 aromatic heterocycles. The Hall–Kier alpha value is -4.15. The van der Waals surface area contributed by atoms with Gasteiger partial charge in [0, 0.05) is 32.0 Å². The Bertz CT molecular complexity index is 2030. The number of pyridine rings is 1. The van der Waals surface area contributed by atoms with Gasteiger partial charge in [-0.3, -0.25) is 16.3 Å². The van der Waals surface area contributed by atoms with E-state index in [1.54, 1.807) is 17.5 Å². The molecule has 7 rings (SSSR count). The standard InChI is InChI=1S/C30H29N2S.C11H8N.Ir/c1-18(2)21-14-15-28-24(16-21)25(17-33-28)30-31-26-12-7-8-13-27(26)32(30)29-22(19(3)4)10-9-11-23(29)20(5)6;1-2-6-10(7-3-1)11-8-4-5-9-12-11;/h7-16,19-20H,1H2,2-6H3;1-6,8-9H;/q2*-1;. The summed E-state index contributed by atoms with van der Waals surface area (Å²) in [5.41, 5.74) is 11.4. The van der Waals surface area contributed by atoms with Gasteiger partial charge >= 0.3 is 0 Å². The van der Waals surface area contributed by atoms with Crippen molar-refractivity contribution in [2.45, 2.75) is 46.5 Å². The van der Waals surface area contributed by atoms with E-state index in [0.29, 0.717) is 11.8 Å². The average Bonchev–Trinajstić information content (AvgIpc) is 3.66. The van der Waals surface area contributed by atoms with Gasteiger partial charge in [-0.2, -0.15) is 0 Å². The van der Waals surface area contributed by atoms with Crippen LogP contribution in [0.1, 0.15) is 63.1 Å². The molecule has 1 radical (unpaired) electrons. The zero-order chi connectivity index (χ0) is 31.5. The van der Waals surface area contributed by atoms with Crippen molar-refractivity contribution in [2.75, 3.05) is 0 Å². The number of rotatable bonds is 6. The fourth-order valence-corrected chi connectivity index (χ4v) is 6.49. The van der Waals surface area contributed by atoms with Crippen molar-refractivity contribution >= 4 is 38.0 Å². The van der Waals surface area contributed by atoms with E-state index >= 15 is 0 Å². The summed E-state index contributed by atoms with van der Waals surface area (Å²) in [7, 11) is 0. The van der Waals surface area contributed by atoms with E-state index in [0.717, 1.165) is 44.8 Å². The van der Waals surface area contributed by atoms with Crippen LogP contribution in [0, 0.1) is 11.4 Å². The third-order valence-electron chi connectivity index (χ3n) is 8.01. The number of thiophene rings is 1. The first-order chi connectivity index (χ1) is 21.8. The van der Waals surface area contributed by atoms with Gasteiger partial charge in [0.1, 0.15) is 0 Å². The Morgan fingerprint density at radius 1 is 0.826 bits per heavy atom. The number of allylic oxidation sites excluding steroid dienone is 1. The van der Waals surface area contributed by atoms with E-state index < -0.39 is 0 Å². The van der Waals surface area contributed by atoms with Crippen LogP contribution in [-0.4, -0.2) is 14.5 Å². The van der Waals surface area contributed by atoms with Gasteiger partial charge in [0.05, 0.1) is 16.9 Å². The molecule has 0 saturated carbocycles. The van der Waals surface area contributed by atoms with E-state index in [1.807, 2.05) is 42.5 Å². The van der Waals surface area contributed by atoms with Crippen LogP contribution in [0.5, 0.6) is 0 Å². The van der Waals surface area contributed by atoms with Gasteiger partial charge in [-0.1, -0.05) is 116 Å². The zero-order valence-corrected chi connectivity index (χ0v) is 30.0. The van der Waals surface area contributed by atoms with Crippen LogP contribution in [0.15, 0.2) is 116 Å². The summed E-state index contributed by atoms with van der Waals surface area (Å²) in [6.07, 6.45) is 1.79. The zero-order valence-electron chi connectivity index (χ0n) is 26.8. The maximum atomic E-state index is 5.17. The molecule has 4 aromatic carbocycles. The minimum Gasteiger partial charge on any atom is -0.333 e. The molecule has 0 amide bonds. The van der Waals surface area contributed by atoms with Crippen molar-refractivity contribution in [3.8, 4) is 28.3 Å². The normalized spacial score (nSPS) is 11.0. The predicted octanol–water partition coefficient (Wildman–Crippen LogP) is 11.5. The first kappa shape index (κ1) is 33.2. The second kappa shape index (κ2) is 14.5. The number of fused-ring (bicyclic) bond motifs is 2. The molecule has 0 atom stereocenters. The number of benzene rings is 4. The van der Waals surface area contributed by atoms with E-state index in [4.69, 9.17) is 4.98 Å². The Morgan fingerprint density at radius 3 is 2.20 bits per heavy atom. The summed E-state index contributed by atoms with van der Waals surface area (Å²) < 4.78 is 3.60. The number of aromatic nitrogens is 3. The van der Waals surface area contributed by atoms with Crippen LogP contribution in [0.4, 0.5) is 0 Å². The SMILES string of the molecule is C=C(C)c1ccc2s[c-]c(-c3nc4ccccc4n3-c3c(C(C)C)cccc3C(C)C)c2c1.[Ir].[c-]1ccccc1-c1ccccn1. The number of para-hydroxylation sites is 3. The van der Waals surface area contributed by atoms with Gasteiger partial charge in [-0.15, -0.1) is 41.3 Å². The van der Waals surface area contributed by atoms with E-state index in [1.165, 1.54) is 26.9 Å². The third-order valence-corrected chi connectivity index (χ3v) is 8.89. The van der Waals surface area contributed by atoms with Crippen molar-refractivity contribution in [1.82, 2.24) is 14.5 Å². The van der Waals surface area contributed by atoms with E-state index in [-0.39, 0.29) is 20.1 Å². The van der Waals surface area contributed by atoms with Crippen molar-refractivity contribution in [3.63, 3.8) is 0 Å². The molecule has 0 aliphatic carbocycles. The molecule has 0 bridgehead atoms. The second-order valence-electron chi connectivity index (χ2n) is 11.9. The molecule has 46 heavy (non-hydrogen) atoms. The fourth-order valence-electron chi connectivity index (χ4n) is 5.67. The largest absolute Gasteiger partial charge is 0.333 e. The van der Waals surface area contributed by atoms with Crippen molar-refractivity contribution < 1.29 is 20.1 Å². The first-order valence-corrected chi connectivity index (χ1v) is 16.2. The van der Waals surface area contributed by atoms with Gasteiger partial charge in [0.2, 0.25) is 0 Å². The minimum atomic E-state index is 0. The minimum absolute atomic E-state index is 0. The summed E-state index contributed by atoms with van der Waals surface area (Å²) in [5.74, 6) is 1.74. The van der Waals surface area contributed by atoms with Crippen LogP contribution in [0.2, 0.25) is 0 Å². The van der Waals surface area contributed by atoms with Gasteiger partial charge in [-0.05, 0) is 59.3 Å². The maximum Gasteiger partial charge on any atom is 0.0774 e. The molecule has 0 fully saturated rings. The maximum absolute atomic E-state index is 5.17. The summed E-state index contributed by atoms with van der Waals surface area (Å²) >= 11 is 1.66. The monoisotopic (exact) mass is 796 g/mol. The average molecular weight is 796 g/mol. The molecule has 0 saturated heterocycles. The molecule has 0 N–H and O–H groups in total. The molecule has 0 spiro atoms. The molecular weight excluding hydrogens is 759 g/mol. The van der Waals surface area contributed by atoms with Gasteiger partial charge < -0.3 is 9.55 Å². The van der Waals surface area contributed by atoms with Crippen LogP contribution in [-0.2, 0) is 20.1 Å². The van der Waals surface area contributed by atoms with E-state index in [9.17, 15) is 0 Å². The molecule has 5 heteroatoms. The Kier molecular flexibility index (Phi) is 10.5. The van der Waals surface area contributed by atoms with Gasteiger partial charge in [0.25, 0.3) is 0 Å². The Morgan fingerprint density at radius 2 is 1.54 bits per heavy atom. The summed E-state index contributed by atoms with van der Waals surface area (Å²) in [6, 6.07) is 38.6. The third kappa shape index (κ3) is 6.69. The van der Waals surface area contributed by atoms with E-state index in [2.05, 4.69) is 123 Å². The molecule has 0 unspecified atom stereocenters. The summed E-state index contributed by atoms with van der Waals surface area (Å²) in [5, 5.41) is 4.78. The smallest absolute Gasteiger partial charge is 0.0774 e. The topological polar surface area (TPSA) is 30.7 Å².